The predicted octanol–water partition coefficient (Wildman–Crippen LogP) is 1.58. The number of anilines is 1. The number of piperazine rings is 1. The lowest BCUT2D eigenvalue weighted by Crippen LogP contribution is -2.53. The molecule has 2 fully saturated rings. The van der Waals surface area contributed by atoms with Crippen molar-refractivity contribution in [2.75, 3.05) is 44.2 Å². The summed E-state index contributed by atoms with van der Waals surface area (Å²) in [4.78, 5) is 31.2. The Morgan fingerprint density at radius 1 is 1.04 bits per heavy atom. The van der Waals surface area contributed by atoms with Crippen LogP contribution in [0, 0.1) is 12.8 Å². The van der Waals surface area contributed by atoms with Crippen molar-refractivity contribution >= 4 is 17.6 Å². The van der Waals surface area contributed by atoms with Gasteiger partial charge in [0.2, 0.25) is 5.91 Å². The molecule has 2 aromatic rings. The van der Waals surface area contributed by atoms with Gasteiger partial charge < -0.3 is 19.1 Å². The molecule has 2 aromatic heterocycles. The Morgan fingerprint density at radius 2 is 1.82 bits per heavy atom. The minimum Gasteiger partial charge on any atom is -0.459 e. The lowest BCUT2D eigenvalue weighted by Gasteiger charge is -2.39. The number of furan rings is 1. The summed E-state index contributed by atoms with van der Waals surface area (Å²) >= 11 is 0. The van der Waals surface area contributed by atoms with Crippen LogP contribution in [0.3, 0.4) is 0 Å². The molecule has 2 saturated heterocycles. The van der Waals surface area contributed by atoms with Crippen LogP contribution in [-0.2, 0) is 4.79 Å². The van der Waals surface area contributed by atoms with E-state index >= 15 is 0 Å². The first-order valence-electron chi connectivity index (χ1n) is 9.78. The number of aryl methyl sites for hydroxylation is 1. The topological polar surface area (TPSA) is 82.8 Å². The number of amides is 2. The fourth-order valence-electron chi connectivity index (χ4n) is 3.89. The van der Waals surface area contributed by atoms with Gasteiger partial charge in [0.1, 0.15) is 0 Å². The van der Waals surface area contributed by atoms with Gasteiger partial charge in [-0.3, -0.25) is 9.59 Å². The standard InChI is InChI=1S/C20H25N5O3/c1-15-6-7-18(22-21-15)25-8-2-4-16(14-25)19(26)23-9-11-24(12-10-23)20(27)17-5-3-13-28-17/h3,5-7,13,16H,2,4,8-12,14H2,1H3. The highest BCUT2D eigenvalue weighted by atomic mass is 16.3. The van der Waals surface area contributed by atoms with E-state index in [-0.39, 0.29) is 17.7 Å². The van der Waals surface area contributed by atoms with Crippen molar-refractivity contribution in [1.29, 1.82) is 0 Å². The molecule has 2 aliphatic heterocycles. The third kappa shape index (κ3) is 3.85. The highest BCUT2D eigenvalue weighted by Gasteiger charge is 2.32. The third-order valence-electron chi connectivity index (χ3n) is 5.49. The molecule has 2 aliphatic rings. The smallest absolute Gasteiger partial charge is 0.289 e. The second-order valence-corrected chi connectivity index (χ2v) is 7.41. The Kier molecular flexibility index (Phi) is 5.27. The summed E-state index contributed by atoms with van der Waals surface area (Å²) in [6.07, 6.45) is 3.35. The third-order valence-corrected chi connectivity index (χ3v) is 5.49. The minimum atomic E-state index is -0.112. The van der Waals surface area contributed by atoms with E-state index in [1.807, 2.05) is 24.0 Å². The number of carbonyl (C=O) groups excluding carboxylic acids is 2. The Bertz CT molecular complexity index is 813. The van der Waals surface area contributed by atoms with Gasteiger partial charge in [0.05, 0.1) is 17.9 Å². The molecule has 0 radical (unpaired) electrons. The van der Waals surface area contributed by atoms with Gasteiger partial charge in [0, 0.05) is 39.3 Å². The highest BCUT2D eigenvalue weighted by Crippen LogP contribution is 2.23. The van der Waals surface area contributed by atoms with Gasteiger partial charge in [-0.1, -0.05) is 0 Å². The molecule has 28 heavy (non-hydrogen) atoms. The molecule has 1 unspecified atom stereocenters. The van der Waals surface area contributed by atoms with Gasteiger partial charge in [-0.25, -0.2) is 0 Å². The number of piperidine rings is 1. The lowest BCUT2D eigenvalue weighted by atomic mass is 9.96. The number of carbonyl (C=O) groups is 2. The molecule has 0 bridgehead atoms. The molecular weight excluding hydrogens is 358 g/mol. The van der Waals surface area contributed by atoms with Crippen LogP contribution in [0.15, 0.2) is 34.9 Å². The molecule has 0 N–H and O–H groups in total. The summed E-state index contributed by atoms with van der Waals surface area (Å²) in [5.74, 6) is 1.21. The summed E-state index contributed by atoms with van der Waals surface area (Å²) in [7, 11) is 0. The van der Waals surface area contributed by atoms with Crippen molar-refractivity contribution in [2.45, 2.75) is 19.8 Å². The number of nitrogens with zero attached hydrogens (tertiary/aromatic N) is 5. The fraction of sp³-hybridized carbons (Fsp3) is 0.500. The van der Waals surface area contributed by atoms with E-state index in [4.69, 9.17) is 4.42 Å². The van der Waals surface area contributed by atoms with Gasteiger partial charge in [0.25, 0.3) is 5.91 Å². The first kappa shape index (κ1) is 18.5. The van der Waals surface area contributed by atoms with Gasteiger partial charge in [-0.05, 0) is 44.0 Å². The number of aromatic nitrogens is 2. The van der Waals surface area contributed by atoms with Crippen molar-refractivity contribution in [2.24, 2.45) is 5.92 Å². The van der Waals surface area contributed by atoms with E-state index in [9.17, 15) is 9.59 Å². The largest absolute Gasteiger partial charge is 0.459 e. The molecule has 0 aliphatic carbocycles. The summed E-state index contributed by atoms with van der Waals surface area (Å²) in [5, 5.41) is 8.39. The maximum atomic E-state index is 13.0. The van der Waals surface area contributed by atoms with Crippen molar-refractivity contribution < 1.29 is 14.0 Å². The summed E-state index contributed by atoms with van der Waals surface area (Å²) in [5.41, 5.74) is 0.885. The quantitative estimate of drug-likeness (QED) is 0.800. The molecule has 8 nitrogen and oxygen atoms in total. The average molecular weight is 383 g/mol. The Labute approximate surface area is 164 Å². The van der Waals surface area contributed by atoms with Gasteiger partial charge in [-0.2, -0.15) is 5.10 Å². The zero-order chi connectivity index (χ0) is 19.5. The number of rotatable bonds is 3. The van der Waals surface area contributed by atoms with Crippen LogP contribution in [0.1, 0.15) is 29.1 Å². The maximum Gasteiger partial charge on any atom is 0.289 e. The number of hydrogen-bond donors (Lipinski definition) is 0. The average Bonchev–Trinajstić information content (AvgIpc) is 3.28. The molecule has 148 valence electrons. The molecule has 0 saturated carbocycles. The van der Waals surface area contributed by atoms with Crippen molar-refractivity contribution in [3.05, 3.63) is 42.0 Å². The second kappa shape index (κ2) is 8.00. The van der Waals surface area contributed by atoms with Crippen LogP contribution in [0.5, 0.6) is 0 Å². The second-order valence-electron chi connectivity index (χ2n) is 7.41. The SMILES string of the molecule is Cc1ccc(N2CCCC(C(=O)N3CCN(C(=O)c4ccco4)CC3)C2)nn1. The van der Waals surface area contributed by atoms with E-state index in [0.717, 1.165) is 30.9 Å². The van der Waals surface area contributed by atoms with E-state index in [0.29, 0.717) is 38.5 Å². The van der Waals surface area contributed by atoms with Crippen molar-refractivity contribution in [3.63, 3.8) is 0 Å². The van der Waals surface area contributed by atoms with Crippen LogP contribution in [-0.4, -0.2) is 71.1 Å². The van der Waals surface area contributed by atoms with Crippen LogP contribution < -0.4 is 4.90 Å². The van der Waals surface area contributed by atoms with Gasteiger partial charge >= 0.3 is 0 Å². The van der Waals surface area contributed by atoms with E-state index in [2.05, 4.69) is 15.1 Å². The Hall–Kier alpha value is -2.90. The first-order valence-corrected chi connectivity index (χ1v) is 9.78. The first-order chi connectivity index (χ1) is 13.6. The summed E-state index contributed by atoms with van der Waals surface area (Å²) in [6.45, 7) is 5.67. The normalized spacial score (nSPS) is 20.3. The van der Waals surface area contributed by atoms with Crippen molar-refractivity contribution in [1.82, 2.24) is 20.0 Å². The van der Waals surface area contributed by atoms with Crippen LogP contribution >= 0.6 is 0 Å². The van der Waals surface area contributed by atoms with Gasteiger partial charge in [-0.15, -0.1) is 5.10 Å². The number of hydrogen-bond acceptors (Lipinski definition) is 6. The van der Waals surface area contributed by atoms with Gasteiger partial charge in [0.15, 0.2) is 11.6 Å². The Morgan fingerprint density at radius 3 is 2.50 bits per heavy atom. The Balaban J connectivity index is 1.33. The van der Waals surface area contributed by atoms with E-state index in [1.54, 1.807) is 17.0 Å². The minimum absolute atomic E-state index is 0.0378. The van der Waals surface area contributed by atoms with Crippen LogP contribution in [0.2, 0.25) is 0 Å². The van der Waals surface area contributed by atoms with Crippen LogP contribution in [0.4, 0.5) is 5.82 Å². The molecule has 4 rings (SSSR count). The molecule has 0 aromatic carbocycles. The molecule has 4 heterocycles. The zero-order valence-electron chi connectivity index (χ0n) is 16.1. The lowest BCUT2D eigenvalue weighted by molar-refractivity contribution is -0.137. The maximum absolute atomic E-state index is 13.0. The monoisotopic (exact) mass is 383 g/mol. The zero-order valence-corrected chi connectivity index (χ0v) is 16.1. The fourth-order valence-corrected chi connectivity index (χ4v) is 3.89. The molecule has 2 amide bonds. The van der Waals surface area contributed by atoms with E-state index < -0.39 is 0 Å². The summed E-state index contributed by atoms with van der Waals surface area (Å²) < 4.78 is 5.19. The molecular formula is C20H25N5O3. The van der Waals surface area contributed by atoms with Crippen LogP contribution in [0.25, 0.3) is 0 Å². The molecule has 8 heteroatoms. The van der Waals surface area contributed by atoms with Crippen molar-refractivity contribution in [3.8, 4) is 0 Å². The highest BCUT2D eigenvalue weighted by molar-refractivity contribution is 5.91. The molecule has 0 spiro atoms. The predicted molar refractivity (Wildman–Crippen MR) is 103 cm³/mol. The summed E-state index contributed by atoms with van der Waals surface area (Å²) in [6, 6.07) is 7.29. The molecule has 1 atom stereocenters. The van der Waals surface area contributed by atoms with E-state index in [1.165, 1.54) is 6.26 Å².